The highest BCUT2D eigenvalue weighted by atomic mass is 14.0. The van der Waals surface area contributed by atoms with Gasteiger partial charge >= 0.3 is 0 Å². The molecule has 0 fully saturated rings. The van der Waals surface area contributed by atoms with E-state index in [4.69, 9.17) is 0 Å². The van der Waals surface area contributed by atoms with Crippen LogP contribution in [-0.4, -0.2) is 0 Å². The van der Waals surface area contributed by atoms with E-state index in [1.165, 1.54) is 18.4 Å². The molecule has 0 N–H and O–H groups in total. The number of hydrogen-bond donors (Lipinski definition) is 0. The van der Waals surface area contributed by atoms with Crippen LogP contribution in [0.5, 0.6) is 0 Å². The molecule has 0 aliphatic rings. The minimum atomic E-state index is 0.797. The Morgan fingerprint density at radius 2 is 2.36 bits per heavy atom. The van der Waals surface area contributed by atoms with Crippen molar-refractivity contribution in [3.63, 3.8) is 0 Å². The summed E-state index contributed by atoms with van der Waals surface area (Å²) in [5, 5.41) is 0. The van der Waals surface area contributed by atoms with Crippen LogP contribution in [0.3, 0.4) is 0 Å². The van der Waals surface area contributed by atoms with Gasteiger partial charge in [0, 0.05) is 0 Å². The Morgan fingerprint density at radius 3 is 2.91 bits per heavy atom. The summed E-state index contributed by atoms with van der Waals surface area (Å²) in [7, 11) is 0. The van der Waals surface area contributed by atoms with Gasteiger partial charge in [-0.3, -0.25) is 0 Å². The number of benzene rings is 1. The lowest BCUT2D eigenvalue weighted by Gasteiger charge is -2.06. The second kappa shape index (κ2) is 4.17. The van der Waals surface area contributed by atoms with Gasteiger partial charge < -0.3 is 0 Å². The third-order valence-electron chi connectivity index (χ3n) is 2.05. The molecule has 0 aliphatic heterocycles. The van der Waals surface area contributed by atoms with Crippen molar-refractivity contribution in [1.29, 1.82) is 0 Å². The Bertz CT molecular complexity index is 188. The third-order valence-corrected chi connectivity index (χ3v) is 2.05. The zero-order valence-corrected chi connectivity index (χ0v) is 7.30. The summed E-state index contributed by atoms with van der Waals surface area (Å²) in [5.74, 6) is 0.797. The van der Waals surface area contributed by atoms with Crippen LogP contribution in [0, 0.1) is 12.0 Å². The molecule has 1 radical (unpaired) electrons. The standard InChI is InChI=1S/C11H15/c1-3-10(2)9-11-7-5-4-6-8-11/h4-5,7-8,10H,3,9H2,1-2H3/t10-/m0/s1. The molecule has 0 saturated carbocycles. The minimum absolute atomic E-state index is 0.797. The summed E-state index contributed by atoms with van der Waals surface area (Å²) in [6.07, 6.45) is 2.45. The molecule has 0 nitrogen and oxygen atoms in total. The minimum Gasteiger partial charge on any atom is -0.0651 e. The lowest BCUT2D eigenvalue weighted by Crippen LogP contribution is -1.96. The van der Waals surface area contributed by atoms with Crippen LogP contribution in [-0.2, 0) is 6.42 Å². The fourth-order valence-corrected chi connectivity index (χ4v) is 1.10. The maximum absolute atomic E-state index is 3.09. The summed E-state index contributed by atoms with van der Waals surface area (Å²) in [6, 6.07) is 11.3. The van der Waals surface area contributed by atoms with E-state index in [0.717, 1.165) is 5.92 Å². The van der Waals surface area contributed by atoms with Crippen molar-refractivity contribution in [3.05, 3.63) is 35.9 Å². The molecule has 0 heterocycles. The Hall–Kier alpha value is -0.780. The van der Waals surface area contributed by atoms with Crippen molar-refractivity contribution in [2.45, 2.75) is 26.7 Å². The van der Waals surface area contributed by atoms with Crippen molar-refractivity contribution < 1.29 is 0 Å². The SMILES string of the molecule is CC[C@H](C)Cc1c[c]ccc1. The molecule has 1 rings (SSSR count). The first-order valence-corrected chi connectivity index (χ1v) is 4.28. The van der Waals surface area contributed by atoms with Crippen molar-refractivity contribution in [2.24, 2.45) is 5.92 Å². The average molecular weight is 147 g/mol. The van der Waals surface area contributed by atoms with Gasteiger partial charge in [-0.15, -0.1) is 0 Å². The van der Waals surface area contributed by atoms with E-state index in [-0.39, 0.29) is 0 Å². The first-order valence-electron chi connectivity index (χ1n) is 4.28. The monoisotopic (exact) mass is 147 g/mol. The lowest BCUT2D eigenvalue weighted by atomic mass is 9.99. The highest BCUT2D eigenvalue weighted by Gasteiger charge is 1.98. The van der Waals surface area contributed by atoms with E-state index in [1.54, 1.807) is 0 Å². The second-order valence-electron chi connectivity index (χ2n) is 3.13. The second-order valence-corrected chi connectivity index (χ2v) is 3.13. The zero-order valence-electron chi connectivity index (χ0n) is 7.30. The van der Waals surface area contributed by atoms with E-state index in [1.807, 2.05) is 6.07 Å². The highest BCUT2D eigenvalue weighted by Crippen LogP contribution is 2.09. The van der Waals surface area contributed by atoms with Gasteiger partial charge in [0.1, 0.15) is 0 Å². The number of rotatable bonds is 3. The van der Waals surface area contributed by atoms with E-state index in [0.29, 0.717) is 0 Å². The Labute approximate surface area is 69.3 Å². The molecule has 0 aliphatic carbocycles. The van der Waals surface area contributed by atoms with Gasteiger partial charge in [-0.05, 0) is 24.0 Å². The molecule has 1 aromatic rings. The molecule has 1 atom stereocenters. The molecule has 0 heteroatoms. The summed E-state index contributed by atoms with van der Waals surface area (Å²) in [6.45, 7) is 4.52. The van der Waals surface area contributed by atoms with Crippen molar-refractivity contribution in [3.8, 4) is 0 Å². The van der Waals surface area contributed by atoms with E-state index >= 15 is 0 Å². The quantitative estimate of drug-likeness (QED) is 0.616. The first kappa shape index (κ1) is 8.32. The molecular formula is C11H15. The van der Waals surface area contributed by atoms with Gasteiger partial charge in [-0.2, -0.15) is 0 Å². The van der Waals surface area contributed by atoms with E-state index in [2.05, 4.69) is 38.1 Å². The van der Waals surface area contributed by atoms with Crippen LogP contribution in [0.15, 0.2) is 24.3 Å². The fourth-order valence-electron chi connectivity index (χ4n) is 1.10. The molecule has 0 aromatic heterocycles. The summed E-state index contributed by atoms with van der Waals surface area (Å²) in [4.78, 5) is 0. The molecule has 0 unspecified atom stereocenters. The summed E-state index contributed by atoms with van der Waals surface area (Å²) < 4.78 is 0. The van der Waals surface area contributed by atoms with Crippen LogP contribution in [0.2, 0.25) is 0 Å². The molecular weight excluding hydrogens is 132 g/mol. The molecule has 0 saturated heterocycles. The molecule has 0 spiro atoms. The molecule has 0 bridgehead atoms. The fraction of sp³-hybridized carbons (Fsp3) is 0.455. The van der Waals surface area contributed by atoms with Crippen molar-refractivity contribution in [2.75, 3.05) is 0 Å². The largest absolute Gasteiger partial charge is 0.0651 e. The Balaban J connectivity index is 2.51. The summed E-state index contributed by atoms with van der Waals surface area (Å²) >= 11 is 0. The maximum Gasteiger partial charge on any atom is -0.0181 e. The first-order chi connectivity index (χ1) is 5.33. The molecule has 11 heavy (non-hydrogen) atoms. The van der Waals surface area contributed by atoms with E-state index < -0.39 is 0 Å². The van der Waals surface area contributed by atoms with Crippen LogP contribution in [0.4, 0.5) is 0 Å². The molecule has 0 amide bonds. The zero-order chi connectivity index (χ0) is 8.10. The Kier molecular flexibility index (Phi) is 3.15. The van der Waals surface area contributed by atoms with Gasteiger partial charge in [0.25, 0.3) is 0 Å². The van der Waals surface area contributed by atoms with Crippen LogP contribution in [0.1, 0.15) is 25.8 Å². The Morgan fingerprint density at radius 1 is 1.55 bits per heavy atom. The van der Waals surface area contributed by atoms with Crippen LogP contribution < -0.4 is 0 Å². The van der Waals surface area contributed by atoms with Gasteiger partial charge in [-0.25, -0.2) is 0 Å². The van der Waals surface area contributed by atoms with Gasteiger partial charge in [-0.1, -0.05) is 44.5 Å². The normalized spacial score (nSPS) is 12.9. The van der Waals surface area contributed by atoms with Gasteiger partial charge in [0.15, 0.2) is 0 Å². The van der Waals surface area contributed by atoms with Crippen molar-refractivity contribution in [1.82, 2.24) is 0 Å². The van der Waals surface area contributed by atoms with Crippen molar-refractivity contribution >= 4 is 0 Å². The lowest BCUT2D eigenvalue weighted by molar-refractivity contribution is 0.560. The van der Waals surface area contributed by atoms with Crippen LogP contribution >= 0.6 is 0 Å². The molecule has 1 aromatic carbocycles. The third kappa shape index (κ3) is 2.75. The maximum atomic E-state index is 3.09. The van der Waals surface area contributed by atoms with Gasteiger partial charge in [0.2, 0.25) is 0 Å². The van der Waals surface area contributed by atoms with Gasteiger partial charge in [0.05, 0.1) is 0 Å². The van der Waals surface area contributed by atoms with E-state index in [9.17, 15) is 0 Å². The summed E-state index contributed by atoms with van der Waals surface area (Å²) in [5.41, 5.74) is 1.40. The van der Waals surface area contributed by atoms with Crippen LogP contribution in [0.25, 0.3) is 0 Å². The predicted molar refractivity (Wildman–Crippen MR) is 48.4 cm³/mol. The molecule has 59 valence electrons. The predicted octanol–water partition coefficient (Wildman–Crippen LogP) is 3.08. The average Bonchev–Trinajstić information content (AvgIpc) is 2.06. The number of hydrogen-bond acceptors (Lipinski definition) is 0. The smallest absolute Gasteiger partial charge is 0.0181 e. The highest BCUT2D eigenvalue weighted by molar-refractivity contribution is 5.13. The topological polar surface area (TPSA) is 0 Å².